The van der Waals surface area contributed by atoms with Gasteiger partial charge in [0, 0.05) is 5.56 Å². The van der Waals surface area contributed by atoms with E-state index in [1.807, 2.05) is 26.0 Å². The molecule has 0 fully saturated rings. The second kappa shape index (κ2) is 6.90. The fraction of sp³-hybridized carbons (Fsp3) is 0.267. The largest absolute Gasteiger partial charge is 0.490 e. The van der Waals surface area contributed by atoms with E-state index < -0.39 is 0 Å². The summed E-state index contributed by atoms with van der Waals surface area (Å²) in [6.07, 6.45) is 0. The average Bonchev–Trinajstić information content (AvgIpc) is 2.87. The van der Waals surface area contributed by atoms with Crippen LogP contribution < -0.4 is 9.47 Å². The van der Waals surface area contributed by atoms with E-state index in [4.69, 9.17) is 9.47 Å². The molecule has 1 heterocycles. The maximum atomic E-state index is 12.4. The summed E-state index contributed by atoms with van der Waals surface area (Å²) < 4.78 is 12.0. The van der Waals surface area contributed by atoms with Crippen molar-refractivity contribution in [3.8, 4) is 11.5 Å². The lowest BCUT2D eigenvalue weighted by molar-refractivity contribution is 0.104. The van der Waals surface area contributed by atoms with Crippen molar-refractivity contribution in [2.45, 2.75) is 13.8 Å². The van der Waals surface area contributed by atoms with E-state index in [0.717, 1.165) is 3.79 Å². The van der Waals surface area contributed by atoms with E-state index in [1.54, 1.807) is 18.2 Å². The van der Waals surface area contributed by atoms with E-state index in [1.165, 1.54) is 11.3 Å². The van der Waals surface area contributed by atoms with E-state index in [-0.39, 0.29) is 5.78 Å². The van der Waals surface area contributed by atoms with Gasteiger partial charge >= 0.3 is 0 Å². The lowest BCUT2D eigenvalue weighted by Crippen LogP contribution is -2.03. The van der Waals surface area contributed by atoms with Crippen molar-refractivity contribution in [2.75, 3.05) is 13.2 Å². The van der Waals surface area contributed by atoms with Gasteiger partial charge in [0.2, 0.25) is 5.78 Å². The van der Waals surface area contributed by atoms with Gasteiger partial charge in [-0.05, 0) is 60.1 Å². The zero-order chi connectivity index (χ0) is 14.5. The van der Waals surface area contributed by atoms with Crippen LogP contribution in [0.5, 0.6) is 11.5 Å². The third-order valence-electron chi connectivity index (χ3n) is 2.60. The minimum absolute atomic E-state index is 0.00954. The van der Waals surface area contributed by atoms with Crippen molar-refractivity contribution in [1.82, 2.24) is 0 Å². The van der Waals surface area contributed by atoms with E-state index in [0.29, 0.717) is 35.2 Å². The lowest BCUT2D eigenvalue weighted by atomic mass is 10.1. The highest BCUT2D eigenvalue weighted by atomic mass is 79.9. The number of carbonyl (C=O) groups excluding carboxylic acids is 1. The first-order valence-electron chi connectivity index (χ1n) is 6.35. The molecule has 0 N–H and O–H groups in total. The van der Waals surface area contributed by atoms with Gasteiger partial charge in [0.1, 0.15) is 0 Å². The Morgan fingerprint density at radius 1 is 1.10 bits per heavy atom. The molecule has 106 valence electrons. The number of ketones is 1. The Bertz CT molecular complexity index is 607. The van der Waals surface area contributed by atoms with Gasteiger partial charge in [0.05, 0.1) is 21.9 Å². The fourth-order valence-corrected chi connectivity index (χ4v) is 3.12. The molecule has 2 aromatic rings. The number of hydrogen-bond acceptors (Lipinski definition) is 4. The minimum Gasteiger partial charge on any atom is -0.490 e. The molecule has 3 nitrogen and oxygen atoms in total. The quantitative estimate of drug-likeness (QED) is 0.714. The summed E-state index contributed by atoms with van der Waals surface area (Å²) in [5.41, 5.74) is 0.603. The summed E-state index contributed by atoms with van der Waals surface area (Å²) in [4.78, 5) is 13.1. The van der Waals surface area contributed by atoms with E-state index >= 15 is 0 Å². The SMILES string of the molecule is CCOc1ccc(C(=O)c2ccc(Br)s2)cc1OCC. The molecule has 0 saturated carbocycles. The van der Waals surface area contributed by atoms with Gasteiger partial charge in [-0.2, -0.15) is 0 Å². The highest BCUT2D eigenvalue weighted by Gasteiger charge is 2.14. The first kappa shape index (κ1) is 15.1. The maximum absolute atomic E-state index is 12.4. The van der Waals surface area contributed by atoms with Crippen LogP contribution >= 0.6 is 27.3 Å². The average molecular weight is 355 g/mol. The molecule has 0 atom stereocenters. The van der Waals surface area contributed by atoms with Crippen LogP contribution in [0.1, 0.15) is 29.1 Å². The second-order valence-electron chi connectivity index (χ2n) is 3.96. The number of thiophene rings is 1. The molecular formula is C15H15BrO3S. The van der Waals surface area contributed by atoms with Crippen molar-refractivity contribution in [1.29, 1.82) is 0 Å². The molecule has 20 heavy (non-hydrogen) atoms. The van der Waals surface area contributed by atoms with Gasteiger partial charge in [-0.15, -0.1) is 11.3 Å². The smallest absolute Gasteiger partial charge is 0.203 e. The highest BCUT2D eigenvalue weighted by molar-refractivity contribution is 9.11. The molecular weight excluding hydrogens is 340 g/mol. The normalized spacial score (nSPS) is 10.3. The summed E-state index contributed by atoms with van der Waals surface area (Å²) in [6.45, 7) is 4.91. The van der Waals surface area contributed by atoms with Gasteiger partial charge in [0.25, 0.3) is 0 Å². The summed E-state index contributed by atoms with van der Waals surface area (Å²) in [5.74, 6) is 1.26. The van der Waals surface area contributed by atoms with Gasteiger partial charge < -0.3 is 9.47 Å². The second-order valence-corrected chi connectivity index (χ2v) is 6.42. The molecule has 1 aromatic carbocycles. The minimum atomic E-state index is -0.00954. The molecule has 0 aliphatic rings. The number of rotatable bonds is 6. The van der Waals surface area contributed by atoms with Crippen molar-refractivity contribution in [2.24, 2.45) is 0 Å². The molecule has 2 rings (SSSR count). The summed E-state index contributed by atoms with van der Waals surface area (Å²) in [5, 5.41) is 0. The number of halogens is 1. The zero-order valence-electron chi connectivity index (χ0n) is 11.3. The molecule has 0 radical (unpaired) electrons. The Morgan fingerprint density at radius 2 is 1.80 bits per heavy atom. The Hall–Kier alpha value is -1.33. The molecule has 0 aliphatic heterocycles. The number of benzene rings is 1. The monoisotopic (exact) mass is 354 g/mol. The first-order valence-corrected chi connectivity index (χ1v) is 7.96. The third-order valence-corrected chi connectivity index (χ3v) is 4.22. The Kier molecular flexibility index (Phi) is 5.20. The van der Waals surface area contributed by atoms with Crippen LogP contribution in [0.3, 0.4) is 0 Å². The van der Waals surface area contributed by atoms with Crippen LogP contribution in [-0.4, -0.2) is 19.0 Å². The van der Waals surface area contributed by atoms with Crippen molar-refractivity contribution < 1.29 is 14.3 Å². The molecule has 1 aromatic heterocycles. The molecule has 0 amide bonds. The number of hydrogen-bond donors (Lipinski definition) is 0. The Morgan fingerprint density at radius 3 is 2.40 bits per heavy atom. The Labute approximate surface area is 130 Å². The summed E-state index contributed by atoms with van der Waals surface area (Å²) in [7, 11) is 0. The van der Waals surface area contributed by atoms with Crippen molar-refractivity contribution in [3.05, 3.63) is 44.6 Å². The third kappa shape index (κ3) is 3.41. The molecule has 0 bridgehead atoms. The fourth-order valence-electron chi connectivity index (χ4n) is 1.77. The van der Waals surface area contributed by atoms with Crippen LogP contribution in [0.15, 0.2) is 34.1 Å². The van der Waals surface area contributed by atoms with Gasteiger partial charge in [-0.1, -0.05) is 0 Å². The highest BCUT2D eigenvalue weighted by Crippen LogP contribution is 2.31. The molecule has 0 spiro atoms. The molecule has 0 saturated heterocycles. The zero-order valence-corrected chi connectivity index (χ0v) is 13.7. The summed E-state index contributed by atoms with van der Waals surface area (Å²) >= 11 is 4.79. The maximum Gasteiger partial charge on any atom is 0.203 e. The number of carbonyl (C=O) groups is 1. The standard InChI is InChI=1S/C15H15BrO3S/c1-3-18-11-6-5-10(9-12(11)19-4-2)15(17)13-7-8-14(16)20-13/h5-9H,3-4H2,1-2H3. The van der Waals surface area contributed by atoms with Crippen LogP contribution in [0, 0.1) is 0 Å². The van der Waals surface area contributed by atoms with E-state index in [2.05, 4.69) is 15.9 Å². The predicted octanol–water partition coefficient (Wildman–Crippen LogP) is 4.54. The van der Waals surface area contributed by atoms with Crippen LogP contribution in [0.25, 0.3) is 0 Å². The summed E-state index contributed by atoms with van der Waals surface area (Å²) in [6, 6.07) is 8.97. The van der Waals surface area contributed by atoms with Gasteiger partial charge in [0.15, 0.2) is 11.5 Å². The molecule has 0 unspecified atom stereocenters. The lowest BCUT2D eigenvalue weighted by Gasteiger charge is -2.11. The van der Waals surface area contributed by atoms with Gasteiger partial charge in [-0.25, -0.2) is 0 Å². The van der Waals surface area contributed by atoms with Crippen LogP contribution in [-0.2, 0) is 0 Å². The van der Waals surface area contributed by atoms with Crippen LogP contribution in [0.2, 0.25) is 0 Å². The Balaban J connectivity index is 2.32. The van der Waals surface area contributed by atoms with Crippen molar-refractivity contribution in [3.63, 3.8) is 0 Å². The van der Waals surface area contributed by atoms with Gasteiger partial charge in [-0.3, -0.25) is 4.79 Å². The first-order chi connectivity index (χ1) is 9.65. The topological polar surface area (TPSA) is 35.5 Å². The van der Waals surface area contributed by atoms with Crippen LogP contribution in [0.4, 0.5) is 0 Å². The predicted molar refractivity (Wildman–Crippen MR) is 84.2 cm³/mol. The number of ether oxygens (including phenoxy) is 2. The molecule has 0 aliphatic carbocycles. The van der Waals surface area contributed by atoms with E-state index in [9.17, 15) is 4.79 Å². The molecule has 5 heteroatoms. The van der Waals surface area contributed by atoms with Crippen molar-refractivity contribution >= 4 is 33.0 Å².